The summed E-state index contributed by atoms with van der Waals surface area (Å²) in [5, 5.41) is 5.50. The van der Waals surface area contributed by atoms with E-state index >= 15 is 0 Å². The first-order valence-electron chi connectivity index (χ1n) is 11.3. The van der Waals surface area contributed by atoms with Gasteiger partial charge < -0.3 is 25.0 Å². The van der Waals surface area contributed by atoms with Crippen LogP contribution in [-0.4, -0.2) is 61.2 Å². The normalized spacial score (nSPS) is 14.6. The van der Waals surface area contributed by atoms with E-state index in [0.29, 0.717) is 25.6 Å². The minimum atomic E-state index is -0.561. The first-order chi connectivity index (χ1) is 15.0. The van der Waals surface area contributed by atoms with Gasteiger partial charge in [0.1, 0.15) is 11.4 Å². The molecule has 8 heteroatoms. The smallest absolute Gasteiger partial charge is 0.407 e. The molecular weight excluding hydrogens is 410 g/mol. The molecule has 1 saturated heterocycles. The Labute approximate surface area is 191 Å². The monoisotopic (exact) mass is 447 g/mol. The van der Waals surface area contributed by atoms with Crippen LogP contribution < -0.4 is 15.4 Å². The van der Waals surface area contributed by atoms with Crippen LogP contribution in [0.4, 0.5) is 4.79 Å². The predicted octanol–water partition coefficient (Wildman–Crippen LogP) is 2.95. The van der Waals surface area contributed by atoms with Gasteiger partial charge in [-0.2, -0.15) is 0 Å². The van der Waals surface area contributed by atoms with Gasteiger partial charge in [-0.1, -0.05) is 12.1 Å². The summed E-state index contributed by atoms with van der Waals surface area (Å²) in [7, 11) is 0. The summed E-state index contributed by atoms with van der Waals surface area (Å²) in [6.45, 7) is 11.5. The summed E-state index contributed by atoms with van der Waals surface area (Å²) in [6.07, 6.45) is 1.35. The van der Waals surface area contributed by atoms with Crippen LogP contribution in [0, 0.1) is 19.8 Å². The average molecular weight is 448 g/mol. The van der Waals surface area contributed by atoms with Crippen LogP contribution >= 0.6 is 0 Å². The largest absolute Gasteiger partial charge is 0.483 e. The molecule has 32 heavy (non-hydrogen) atoms. The summed E-state index contributed by atoms with van der Waals surface area (Å²) < 4.78 is 10.9. The lowest BCUT2D eigenvalue weighted by molar-refractivity contribution is -0.135. The highest BCUT2D eigenvalue weighted by molar-refractivity contribution is 5.78. The van der Waals surface area contributed by atoms with E-state index in [0.717, 1.165) is 29.7 Å². The minimum absolute atomic E-state index is 0.0124. The number of alkyl carbamates (subject to hydrolysis) is 1. The first kappa shape index (κ1) is 25.5. The summed E-state index contributed by atoms with van der Waals surface area (Å²) >= 11 is 0. The minimum Gasteiger partial charge on any atom is -0.483 e. The summed E-state index contributed by atoms with van der Waals surface area (Å²) in [5.74, 6) is 0.960. The lowest BCUT2D eigenvalue weighted by atomic mass is 9.96. The number of hydrogen-bond acceptors (Lipinski definition) is 5. The lowest BCUT2D eigenvalue weighted by Gasteiger charge is -2.32. The van der Waals surface area contributed by atoms with Gasteiger partial charge >= 0.3 is 6.09 Å². The third kappa shape index (κ3) is 8.77. The molecule has 8 nitrogen and oxygen atoms in total. The van der Waals surface area contributed by atoms with E-state index in [9.17, 15) is 14.4 Å². The number of rotatable bonds is 8. The Kier molecular flexibility index (Phi) is 9.35. The zero-order valence-electron chi connectivity index (χ0n) is 20.0. The number of piperidine rings is 1. The van der Waals surface area contributed by atoms with Crippen molar-refractivity contribution in [3.05, 3.63) is 29.3 Å². The standard InChI is InChI=1S/C24H37N3O5/c1-17-7-6-8-20(18(17)2)31-16-22(29)27-13-10-19(11-14-27)15-26-21(28)9-12-25-23(30)32-24(3,4)5/h6-8,19H,9-16H2,1-5H3,(H,25,30)(H,26,28). The van der Waals surface area contributed by atoms with Gasteiger partial charge in [-0.05, 0) is 70.6 Å². The van der Waals surface area contributed by atoms with Crippen LogP contribution in [0.25, 0.3) is 0 Å². The van der Waals surface area contributed by atoms with Gasteiger partial charge in [0, 0.05) is 32.6 Å². The van der Waals surface area contributed by atoms with Gasteiger partial charge in [0.15, 0.2) is 6.61 Å². The van der Waals surface area contributed by atoms with Crippen LogP contribution in [-0.2, 0) is 14.3 Å². The van der Waals surface area contributed by atoms with E-state index in [1.54, 1.807) is 20.8 Å². The Morgan fingerprint density at radius 2 is 1.78 bits per heavy atom. The fourth-order valence-electron chi connectivity index (χ4n) is 3.44. The van der Waals surface area contributed by atoms with E-state index in [-0.39, 0.29) is 31.4 Å². The SMILES string of the molecule is Cc1cccc(OCC(=O)N2CCC(CNC(=O)CCNC(=O)OC(C)(C)C)CC2)c1C. The molecule has 1 aromatic carbocycles. The molecule has 0 unspecified atom stereocenters. The number of ether oxygens (including phenoxy) is 2. The van der Waals surface area contributed by atoms with Gasteiger partial charge in [-0.15, -0.1) is 0 Å². The van der Waals surface area contributed by atoms with Crippen molar-refractivity contribution in [1.82, 2.24) is 15.5 Å². The second-order valence-corrected chi connectivity index (χ2v) is 9.29. The molecule has 1 aliphatic rings. The Morgan fingerprint density at radius 1 is 1.09 bits per heavy atom. The van der Waals surface area contributed by atoms with Crippen molar-refractivity contribution in [1.29, 1.82) is 0 Å². The molecule has 2 rings (SSSR count). The van der Waals surface area contributed by atoms with Crippen LogP contribution in [0.5, 0.6) is 5.75 Å². The van der Waals surface area contributed by atoms with Gasteiger partial charge in [-0.3, -0.25) is 9.59 Å². The summed E-state index contributed by atoms with van der Waals surface area (Å²) in [4.78, 5) is 37.9. The highest BCUT2D eigenvalue weighted by Crippen LogP contribution is 2.21. The molecule has 1 heterocycles. The maximum atomic E-state index is 12.5. The lowest BCUT2D eigenvalue weighted by Crippen LogP contribution is -2.43. The number of hydrogen-bond donors (Lipinski definition) is 2. The Hall–Kier alpha value is -2.77. The van der Waals surface area contributed by atoms with E-state index in [1.807, 2.05) is 36.9 Å². The topological polar surface area (TPSA) is 97.0 Å². The number of amides is 3. The van der Waals surface area contributed by atoms with Crippen LogP contribution in [0.15, 0.2) is 18.2 Å². The number of nitrogens with one attached hydrogen (secondary N) is 2. The molecule has 0 aromatic heterocycles. The second kappa shape index (κ2) is 11.7. The molecule has 1 aliphatic heterocycles. The molecule has 1 aromatic rings. The van der Waals surface area contributed by atoms with Crippen LogP contribution in [0.1, 0.15) is 51.2 Å². The van der Waals surface area contributed by atoms with Crippen molar-refractivity contribution in [2.75, 3.05) is 32.8 Å². The highest BCUT2D eigenvalue weighted by atomic mass is 16.6. The molecule has 3 amide bonds. The van der Waals surface area contributed by atoms with E-state index in [2.05, 4.69) is 10.6 Å². The Morgan fingerprint density at radius 3 is 2.44 bits per heavy atom. The summed E-state index contributed by atoms with van der Waals surface area (Å²) in [6, 6.07) is 5.83. The number of carbonyl (C=O) groups is 3. The zero-order valence-corrected chi connectivity index (χ0v) is 20.0. The van der Waals surface area contributed by atoms with Gasteiger partial charge in [-0.25, -0.2) is 4.79 Å². The molecule has 0 saturated carbocycles. The van der Waals surface area contributed by atoms with Crippen molar-refractivity contribution in [2.45, 2.75) is 59.5 Å². The predicted molar refractivity (Wildman–Crippen MR) is 123 cm³/mol. The Balaban J connectivity index is 1.61. The third-order valence-corrected chi connectivity index (χ3v) is 5.48. The maximum absolute atomic E-state index is 12.5. The van der Waals surface area contributed by atoms with Crippen LogP contribution in [0.2, 0.25) is 0 Å². The van der Waals surface area contributed by atoms with E-state index in [1.165, 1.54) is 0 Å². The van der Waals surface area contributed by atoms with E-state index in [4.69, 9.17) is 9.47 Å². The molecule has 0 spiro atoms. The fraction of sp³-hybridized carbons (Fsp3) is 0.625. The third-order valence-electron chi connectivity index (χ3n) is 5.48. The fourth-order valence-corrected chi connectivity index (χ4v) is 3.44. The first-order valence-corrected chi connectivity index (χ1v) is 11.3. The Bertz CT molecular complexity index is 795. The number of likely N-dealkylation sites (tertiary alicyclic amines) is 1. The maximum Gasteiger partial charge on any atom is 0.407 e. The quantitative estimate of drug-likeness (QED) is 0.639. The zero-order chi connectivity index (χ0) is 23.7. The molecular formula is C24H37N3O5. The van der Waals surface area contributed by atoms with Gasteiger partial charge in [0.05, 0.1) is 0 Å². The van der Waals surface area contributed by atoms with Crippen molar-refractivity contribution >= 4 is 17.9 Å². The van der Waals surface area contributed by atoms with Crippen molar-refractivity contribution < 1.29 is 23.9 Å². The van der Waals surface area contributed by atoms with Gasteiger partial charge in [0.2, 0.25) is 5.91 Å². The number of aryl methyl sites for hydroxylation is 1. The molecule has 0 bridgehead atoms. The van der Waals surface area contributed by atoms with E-state index < -0.39 is 11.7 Å². The molecule has 178 valence electrons. The number of carbonyl (C=O) groups excluding carboxylic acids is 3. The average Bonchev–Trinajstić information content (AvgIpc) is 2.72. The van der Waals surface area contributed by atoms with Crippen molar-refractivity contribution in [3.8, 4) is 5.75 Å². The van der Waals surface area contributed by atoms with Crippen LogP contribution in [0.3, 0.4) is 0 Å². The molecule has 0 aliphatic carbocycles. The van der Waals surface area contributed by atoms with Crippen molar-refractivity contribution in [2.24, 2.45) is 5.92 Å². The highest BCUT2D eigenvalue weighted by Gasteiger charge is 2.23. The second-order valence-electron chi connectivity index (χ2n) is 9.29. The molecule has 0 atom stereocenters. The molecule has 2 N–H and O–H groups in total. The van der Waals surface area contributed by atoms with Crippen molar-refractivity contribution in [3.63, 3.8) is 0 Å². The molecule has 0 radical (unpaired) electrons. The molecule has 1 fully saturated rings. The number of benzene rings is 1. The summed E-state index contributed by atoms with van der Waals surface area (Å²) in [5.41, 5.74) is 1.63. The van der Waals surface area contributed by atoms with Gasteiger partial charge in [0.25, 0.3) is 5.91 Å². The number of nitrogens with zero attached hydrogens (tertiary/aromatic N) is 1.